The molecule has 0 radical (unpaired) electrons. The second-order valence-corrected chi connectivity index (χ2v) is 6.68. The van der Waals surface area contributed by atoms with Crippen LogP contribution in [0.25, 0.3) is 0 Å². The van der Waals surface area contributed by atoms with Crippen molar-refractivity contribution in [2.75, 3.05) is 6.61 Å². The molecule has 3 heteroatoms. The molecule has 3 atom stereocenters. The highest BCUT2D eigenvalue weighted by Gasteiger charge is 2.31. The van der Waals surface area contributed by atoms with Crippen LogP contribution in [0.2, 0.25) is 5.02 Å². The van der Waals surface area contributed by atoms with Crippen molar-refractivity contribution in [3.63, 3.8) is 0 Å². The van der Waals surface area contributed by atoms with Crippen molar-refractivity contribution in [3.8, 4) is 0 Å². The summed E-state index contributed by atoms with van der Waals surface area (Å²) in [5, 5.41) is 4.56. The number of hydrogen-bond donors (Lipinski definition) is 1. The van der Waals surface area contributed by atoms with Crippen LogP contribution in [0.5, 0.6) is 0 Å². The zero-order valence-corrected chi connectivity index (χ0v) is 13.5. The van der Waals surface area contributed by atoms with Crippen molar-refractivity contribution >= 4 is 11.6 Å². The van der Waals surface area contributed by atoms with E-state index in [0.29, 0.717) is 12.1 Å². The van der Waals surface area contributed by atoms with Crippen LogP contribution in [0.1, 0.15) is 45.6 Å². The standard InChI is InChI=1S/C17H26ClNO/c1-4-17(3)12-16(9-10-20-17)19-13(2)11-14-5-7-15(18)8-6-14/h5-8,13,16,19H,4,9-12H2,1-3H3. The van der Waals surface area contributed by atoms with Crippen LogP contribution in [0.3, 0.4) is 0 Å². The lowest BCUT2D eigenvalue weighted by Crippen LogP contribution is -2.48. The Morgan fingerprint density at radius 2 is 2.10 bits per heavy atom. The first kappa shape index (κ1) is 15.8. The van der Waals surface area contributed by atoms with Crippen LogP contribution >= 0.6 is 11.6 Å². The van der Waals surface area contributed by atoms with Gasteiger partial charge in [0, 0.05) is 23.7 Å². The quantitative estimate of drug-likeness (QED) is 0.878. The van der Waals surface area contributed by atoms with Gasteiger partial charge in [0.2, 0.25) is 0 Å². The van der Waals surface area contributed by atoms with E-state index in [0.717, 1.165) is 37.3 Å². The number of benzene rings is 1. The van der Waals surface area contributed by atoms with Gasteiger partial charge in [-0.1, -0.05) is 30.7 Å². The van der Waals surface area contributed by atoms with Crippen molar-refractivity contribution in [1.29, 1.82) is 0 Å². The molecule has 0 amide bonds. The average Bonchev–Trinajstić information content (AvgIpc) is 2.41. The number of hydrogen-bond acceptors (Lipinski definition) is 2. The number of ether oxygens (including phenoxy) is 1. The van der Waals surface area contributed by atoms with E-state index in [2.05, 4.69) is 38.2 Å². The monoisotopic (exact) mass is 295 g/mol. The Labute approximate surface area is 127 Å². The maximum absolute atomic E-state index is 5.92. The second kappa shape index (κ2) is 6.93. The van der Waals surface area contributed by atoms with Gasteiger partial charge < -0.3 is 10.1 Å². The van der Waals surface area contributed by atoms with Gasteiger partial charge in [-0.15, -0.1) is 0 Å². The van der Waals surface area contributed by atoms with Gasteiger partial charge in [-0.05, 0) is 57.2 Å². The third kappa shape index (κ3) is 4.47. The topological polar surface area (TPSA) is 21.3 Å². The minimum absolute atomic E-state index is 0.0515. The van der Waals surface area contributed by atoms with Gasteiger partial charge in [0.25, 0.3) is 0 Å². The molecule has 3 unspecified atom stereocenters. The smallest absolute Gasteiger partial charge is 0.0666 e. The molecule has 112 valence electrons. The first-order valence-corrected chi connectivity index (χ1v) is 8.03. The zero-order valence-electron chi connectivity index (χ0n) is 12.8. The van der Waals surface area contributed by atoms with Gasteiger partial charge in [0.1, 0.15) is 0 Å². The van der Waals surface area contributed by atoms with Crippen molar-refractivity contribution in [2.24, 2.45) is 0 Å². The predicted molar refractivity (Wildman–Crippen MR) is 85.4 cm³/mol. The summed E-state index contributed by atoms with van der Waals surface area (Å²) in [7, 11) is 0. The molecule has 0 saturated carbocycles. The Morgan fingerprint density at radius 1 is 1.40 bits per heavy atom. The minimum Gasteiger partial charge on any atom is -0.375 e. The maximum Gasteiger partial charge on any atom is 0.0666 e. The molecule has 2 nitrogen and oxygen atoms in total. The molecule has 0 aromatic heterocycles. The predicted octanol–water partition coefficient (Wildman–Crippen LogP) is 4.21. The van der Waals surface area contributed by atoms with Crippen LogP contribution in [-0.2, 0) is 11.2 Å². The average molecular weight is 296 g/mol. The first-order valence-electron chi connectivity index (χ1n) is 7.65. The lowest BCUT2D eigenvalue weighted by Gasteiger charge is -2.39. The Hall–Kier alpha value is -0.570. The van der Waals surface area contributed by atoms with Gasteiger partial charge >= 0.3 is 0 Å². The number of rotatable bonds is 5. The lowest BCUT2D eigenvalue weighted by molar-refractivity contribution is -0.0788. The lowest BCUT2D eigenvalue weighted by atomic mass is 9.89. The zero-order chi connectivity index (χ0) is 14.6. The Kier molecular flexibility index (Phi) is 5.48. The highest BCUT2D eigenvalue weighted by molar-refractivity contribution is 6.30. The van der Waals surface area contributed by atoms with Crippen molar-refractivity contribution < 1.29 is 4.74 Å². The highest BCUT2D eigenvalue weighted by atomic mass is 35.5. The molecule has 1 aliphatic rings. The third-order valence-corrected chi connectivity index (χ3v) is 4.57. The van der Waals surface area contributed by atoms with E-state index in [1.54, 1.807) is 0 Å². The Bertz CT molecular complexity index is 420. The fourth-order valence-electron chi connectivity index (χ4n) is 2.95. The van der Waals surface area contributed by atoms with Gasteiger partial charge in [-0.3, -0.25) is 0 Å². The Morgan fingerprint density at radius 3 is 2.75 bits per heavy atom. The molecule has 2 rings (SSSR count). The molecule has 0 spiro atoms. The van der Waals surface area contributed by atoms with Gasteiger partial charge in [0.15, 0.2) is 0 Å². The SMILES string of the molecule is CCC1(C)CC(NC(C)Cc2ccc(Cl)cc2)CCO1. The summed E-state index contributed by atoms with van der Waals surface area (Å²) in [6.45, 7) is 7.56. The van der Waals surface area contributed by atoms with Crippen molar-refractivity contribution in [3.05, 3.63) is 34.9 Å². The van der Waals surface area contributed by atoms with Gasteiger partial charge in [0.05, 0.1) is 5.60 Å². The van der Waals surface area contributed by atoms with Gasteiger partial charge in [-0.25, -0.2) is 0 Å². The minimum atomic E-state index is 0.0515. The molecule has 0 bridgehead atoms. The molecule has 1 saturated heterocycles. The summed E-state index contributed by atoms with van der Waals surface area (Å²) in [4.78, 5) is 0. The molecular weight excluding hydrogens is 270 g/mol. The summed E-state index contributed by atoms with van der Waals surface area (Å²) >= 11 is 5.92. The van der Waals surface area contributed by atoms with E-state index in [1.807, 2.05) is 12.1 Å². The normalized spacial score (nSPS) is 28.3. The summed E-state index contributed by atoms with van der Waals surface area (Å²) in [6.07, 6.45) is 4.34. The molecule has 1 fully saturated rings. The van der Waals surface area contributed by atoms with Crippen LogP contribution in [0.4, 0.5) is 0 Å². The van der Waals surface area contributed by atoms with E-state index >= 15 is 0 Å². The van der Waals surface area contributed by atoms with E-state index in [9.17, 15) is 0 Å². The number of halogens is 1. The molecule has 1 aromatic rings. The van der Waals surface area contributed by atoms with E-state index in [1.165, 1.54) is 5.56 Å². The van der Waals surface area contributed by atoms with E-state index in [4.69, 9.17) is 16.3 Å². The van der Waals surface area contributed by atoms with Gasteiger partial charge in [-0.2, -0.15) is 0 Å². The van der Waals surface area contributed by atoms with E-state index in [-0.39, 0.29) is 5.60 Å². The second-order valence-electron chi connectivity index (χ2n) is 6.24. The molecule has 1 N–H and O–H groups in total. The van der Waals surface area contributed by atoms with Crippen molar-refractivity contribution in [1.82, 2.24) is 5.32 Å². The summed E-state index contributed by atoms with van der Waals surface area (Å²) in [5.41, 5.74) is 1.38. The van der Waals surface area contributed by atoms with Crippen molar-refractivity contribution in [2.45, 2.75) is 64.1 Å². The first-order chi connectivity index (χ1) is 9.50. The Balaban J connectivity index is 1.85. The van der Waals surface area contributed by atoms with Crippen LogP contribution in [0.15, 0.2) is 24.3 Å². The van der Waals surface area contributed by atoms with E-state index < -0.39 is 0 Å². The molecule has 1 aromatic carbocycles. The fourth-order valence-corrected chi connectivity index (χ4v) is 3.08. The van der Waals surface area contributed by atoms with Crippen LogP contribution < -0.4 is 5.32 Å². The molecular formula is C17H26ClNO. The highest BCUT2D eigenvalue weighted by Crippen LogP contribution is 2.28. The van der Waals surface area contributed by atoms with Crippen LogP contribution in [0, 0.1) is 0 Å². The maximum atomic E-state index is 5.92. The molecule has 1 heterocycles. The summed E-state index contributed by atoms with van der Waals surface area (Å²) < 4.78 is 5.90. The largest absolute Gasteiger partial charge is 0.375 e. The fraction of sp³-hybridized carbons (Fsp3) is 0.647. The van der Waals surface area contributed by atoms with Crippen LogP contribution in [-0.4, -0.2) is 24.3 Å². The summed E-state index contributed by atoms with van der Waals surface area (Å²) in [5.74, 6) is 0. The third-order valence-electron chi connectivity index (χ3n) is 4.32. The molecule has 1 aliphatic heterocycles. The molecule has 20 heavy (non-hydrogen) atoms. The molecule has 0 aliphatic carbocycles. The summed E-state index contributed by atoms with van der Waals surface area (Å²) in [6, 6.07) is 9.19. The number of nitrogens with one attached hydrogen (secondary N) is 1.